The number of nitrogens with one attached hydrogen (secondary N) is 2. The normalized spacial score (nSPS) is 14.3. The number of ether oxygens (including phenoxy) is 1. The van der Waals surface area contributed by atoms with Crippen LogP contribution in [0.4, 0.5) is 11.4 Å². The van der Waals surface area contributed by atoms with E-state index in [2.05, 4.69) is 10.6 Å². The maximum absolute atomic E-state index is 12.4. The van der Waals surface area contributed by atoms with Crippen LogP contribution in [0.2, 0.25) is 0 Å². The van der Waals surface area contributed by atoms with Crippen molar-refractivity contribution in [2.75, 3.05) is 17.7 Å². The van der Waals surface area contributed by atoms with Gasteiger partial charge in [0.15, 0.2) is 5.75 Å². The Balaban J connectivity index is 1.86. The zero-order valence-electron chi connectivity index (χ0n) is 16.0. The van der Waals surface area contributed by atoms with Gasteiger partial charge in [0.2, 0.25) is 10.0 Å². The fourth-order valence-electron chi connectivity index (χ4n) is 3.26. The topological polar surface area (TPSA) is 111 Å². The Morgan fingerprint density at radius 3 is 2.43 bits per heavy atom. The van der Waals surface area contributed by atoms with Crippen molar-refractivity contribution in [3.05, 3.63) is 77.9 Å². The van der Waals surface area contributed by atoms with Crippen LogP contribution in [0, 0.1) is 0 Å². The third kappa shape index (κ3) is 3.78. The number of sulfonamides is 1. The number of nitrogens with two attached hydrogens (primary N) is 1. The third-order valence-electron chi connectivity index (χ3n) is 4.64. The summed E-state index contributed by atoms with van der Waals surface area (Å²) < 4.78 is 30.5. The van der Waals surface area contributed by atoms with Gasteiger partial charge in [0.25, 0.3) is 5.91 Å². The van der Waals surface area contributed by atoms with Gasteiger partial charge >= 0.3 is 0 Å². The van der Waals surface area contributed by atoms with Crippen LogP contribution in [0.3, 0.4) is 0 Å². The number of primary sulfonamides is 1. The monoisotopic (exact) mass is 421 g/mol. The van der Waals surface area contributed by atoms with Crippen LogP contribution < -0.4 is 20.5 Å². The minimum atomic E-state index is -4.11. The summed E-state index contributed by atoms with van der Waals surface area (Å²) in [6.45, 7) is 0. The molecule has 0 saturated heterocycles. The van der Waals surface area contributed by atoms with E-state index < -0.39 is 10.0 Å². The first kappa shape index (κ1) is 19.7. The van der Waals surface area contributed by atoms with Gasteiger partial charge in [-0.15, -0.1) is 0 Å². The van der Waals surface area contributed by atoms with E-state index in [1.165, 1.54) is 6.07 Å². The first-order valence-corrected chi connectivity index (χ1v) is 10.7. The maximum atomic E-state index is 12.4. The minimum Gasteiger partial charge on any atom is -0.454 e. The fourth-order valence-corrected chi connectivity index (χ4v) is 3.97. The molecule has 0 saturated carbocycles. The van der Waals surface area contributed by atoms with Gasteiger partial charge in [-0.3, -0.25) is 4.79 Å². The second-order valence-corrected chi connectivity index (χ2v) is 8.19. The predicted octanol–water partition coefficient (Wildman–Crippen LogP) is 3.66. The molecule has 0 atom stereocenters. The van der Waals surface area contributed by atoms with Crippen LogP contribution in [-0.4, -0.2) is 21.4 Å². The second kappa shape index (κ2) is 7.66. The molecule has 1 heterocycles. The van der Waals surface area contributed by atoms with Crippen molar-refractivity contribution in [2.24, 2.45) is 5.14 Å². The molecule has 1 amide bonds. The zero-order chi connectivity index (χ0) is 21.3. The molecule has 0 unspecified atom stereocenters. The molecule has 3 aromatic rings. The van der Waals surface area contributed by atoms with Crippen LogP contribution in [-0.2, 0) is 14.8 Å². The number of carbonyl (C=O) groups excluding carboxylic acids is 1. The zero-order valence-corrected chi connectivity index (χ0v) is 16.9. The predicted molar refractivity (Wildman–Crippen MR) is 117 cm³/mol. The molecule has 1 aliphatic heterocycles. The Morgan fingerprint density at radius 1 is 1.03 bits per heavy atom. The fraction of sp³-hybridized carbons (Fsp3) is 0.0455. The Kier molecular flexibility index (Phi) is 5.03. The lowest BCUT2D eigenvalue weighted by Gasteiger charge is -2.16. The van der Waals surface area contributed by atoms with Gasteiger partial charge in [0, 0.05) is 23.9 Å². The van der Waals surface area contributed by atoms with E-state index in [9.17, 15) is 13.2 Å². The number of rotatable bonds is 5. The summed E-state index contributed by atoms with van der Waals surface area (Å²) in [5, 5.41) is 11.2. The number of carbonyl (C=O) groups is 1. The van der Waals surface area contributed by atoms with Crippen LogP contribution >= 0.6 is 0 Å². The number of hydrogen-bond donors (Lipinski definition) is 3. The first-order chi connectivity index (χ1) is 14.4. The Bertz CT molecular complexity index is 1270. The van der Waals surface area contributed by atoms with Crippen molar-refractivity contribution in [3.63, 3.8) is 0 Å². The van der Waals surface area contributed by atoms with Gasteiger partial charge in [-0.25, -0.2) is 13.6 Å². The van der Waals surface area contributed by atoms with Crippen molar-refractivity contribution < 1.29 is 17.9 Å². The van der Waals surface area contributed by atoms with Crippen LogP contribution in [0.25, 0.3) is 11.6 Å². The van der Waals surface area contributed by atoms with Gasteiger partial charge < -0.3 is 15.4 Å². The number of para-hydroxylation sites is 2. The Hall–Kier alpha value is -3.62. The van der Waals surface area contributed by atoms with Crippen molar-refractivity contribution in [2.45, 2.75) is 4.90 Å². The molecule has 0 bridgehead atoms. The van der Waals surface area contributed by atoms with E-state index in [1.54, 1.807) is 49.5 Å². The molecule has 0 fully saturated rings. The molecule has 4 N–H and O–H groups in total. The second-order valence-electron chi connectivity index (χ2n) is 6.66. The minimum absolute atomic E-state index is 0.0876. The van der Waals surface area contributed by atoms with E-state index >= 15 is 0 Å². The molecule has 0 aromatic heterocycles. The van der Waals surface area contributed by atoms with E-state index in [4.69, 9.17) is 9.88 Å². The lowest BCUT2D eigenvalue weighted by atomic mass is 10.0. The molecule has 152 valence electrons. The van der Waals surface area contributed by atoms with Crippen LogP contribution in [0.1, 0.15) is 11.1 Å². The molecule has 0 aliphatic carbocycles. The van der Waals surface area contributed by atoms with Crippen LogP contribution in [0.5, 0.6) is 11.5 Å². The number of anilines is 2. The van der Waals surface area contributed by atoms with E-state index in [1.807, 2.05) is 24.3 Å². The summed E-state index contributed by atoms with van der Waals surface area (Å²) in [6.07, 6.45) is 1.63. The quantitative estimate of drug-likeness (QED) is 0.545. The molecule has 1 aliphatic rings. The Morgan fingerprint density at radius 2 is 1.73 bits per heavy atom. The summed E-state index contributed by atoms with van der Waals surface area (Å²) in [5.41, 5.74) is 2.80. The van der Waals surface area contributed by atoms with E-state index in [0.29, 0.717) is 28.3 Å². The lowest BCUT2D eigenvalue weighted by molar-refractivity contribution is -0.110. The third-order valence-corrected chi connectivity index (χ3v) is 5.55. The standard InChI is InChI=1S/C22H19N3O4S/c1-24-19-12-14(11-17-16-9-5-6-10-18(16)25-22(17)26)13-20(30(23,27)28)21(19)29-15-7-3-2-4-8-15/h2-13,24H,1H3,(H,25,26)(H2,23,27,28). The van der Waals surface area contributed by atoms with Crippen molar-refractivity contribution in [1.82, 2.24) is 0 Å². The lowest BCUT2D eigenvalue weighted by Crippen LogP contribution is -2.14. The average Bonchev–Trinajstić information content (AvgIpc) is 3.04. The molecule has 4 rings (SSSR count). The molecular weight excluding hydrogens is 402 g/mol. The SMILES string of the molecule is CNc1cc(C=C2C(=O)Nc3ccccc32)cc(S(N)(=O)=O)c1Oc1ccccc1. The molecule has 0 spiro atoms. The maximum Gasteiger partial charge on any atom is 0.256 e. The van der Waals surface area contributed by atoms with Crippen molar-refractivity contribution >= 4 is 39.0 Å². The number of hydrogen-bond acceptors (Lipinski definition) is 5. The summed E-state index contributed by atoms with van der Waals surface area (Å²) in [4.78, 5) is 12.2. The van der Waals surface area contributed by atoms with Gasteiger partial charge in [-0.2, -0.15) is 0 Å². The van der Waals surface area contributed by atoms with Crippen LogP contribution in [0.15, 0.2) is 71.6 Å². The number of amides is 1. The molecule has 0 radical (unpaired) electrons. The highest BCUT2D eigenvalue weighted by Crippen LogP contribution is 2.39. The highest BCUT2D eigenvalue weighted by molar-refractivity contribution is 7.89. The highest BCUT2D eigenvalue weighted by atomic mass is 32.2. The highest BCUT2D eigenvalue weighted by Gasteiger charge is 2.25. The molecule has 3 aromatic carbocycles. The largest absolute Gasteiger partial charge is 0.454 e. The smallest absolute Gasteiger partial charge is 0.256 e. The molecule has 7 nitrogen and oxygen atoms in total. The summed E-state index contributed by atoms with van der Waals surface area (Å²) in [6, 6.07) is 19.2. The summed E-state index contributed by atoms with van der Waals surface area (Å²) in [7, 11) is -2.46. The molecular formula is C22H19N3O4S. The molecule has 8 heteroatoms. The van der Waals surface area contributed by atoms with Gasteiger partial charge in [0.1, 0.15) is 10.6 Å². The first-order valence-electron chi connectivity index (χ1n) is 9.11. The average molecular weight is 421 g/mol. The molecule has 30 heavy (non-hydrogen) atoms. The van der Waals surface area contributed by atoms with Crippen molar-refractivity contribution in [3.8, 4) is 11.5 Å². The number of fused-ring (bicyclic) bond motifs is 1. The van der Waals surface area contributed by atoms with E-state index in [0.717, 1.165) is 5.56 Å². The van der Waals surface area contributed by atoms with E-state index in [-0.39, 0.29) is 16.6 Å². The Labute approximate surface area is 174 Å². The summed E-state index contributed by atoms with van der Waals surface area (Å²) >= 11 is 0. The summed E-state index contributed by atoms with van der Waals surface area (Å²) in [5.74, 6) is 0.294. The van der Waals surface area contributed by atoms with Gasteiger partial charge in [-0.1, -0.05) is 36.4 Å². The van der Waals surface area contributed by atoms with Crippen molar-refractivity contribution in [1.29, 1.82) is 0 Å². The van der Waals surface area contributed by atoms with Gasteiger partial charge in [0.05, 0.1) is 5.69 Å². The van der Waals surface area contributed by atoms with Gasteiger partial charge in [-0.05, 0) is 42.0 Å². The number of benzene rings is 3.